The number of nitrogens with one attached hydrogen (secondary N) is 1. The van der Waals surface area contributed by atoms with Crippen LogP contribution in [0, 0.1) is 0 Å². The summed E-state index contributed by atoms with van der Waals surface area (Å²) in [5.41, 5.74) is 1.79. The molecule has 0 spiro atoms. The molecule has 0 aliphatic carbocycles. The standard InChI is InChI=1S/C20H20ClN5O2/c21-16-4-2-1-3-15(16)17-13-23-11-12-26(17)19(27)6-5-18-24-20(25-28-18)14-7-9-22-10-8-14/h1-4,7-10,17,23H,5-6,11-13H2. The van der Waals surface area contributed by atoms with E-state index in [1.165, 1.54) is 0 Å². The molecule has 1 saturated heterocycles. The Kier molecular flexibility index (Phi) is 5.64. The monoisotopic (exact) mass is 397 g/mol. The summed E-state index contributed by atoms with van der Waals surface area (Å²) in [6, 6.07) is 11.2. The van der Waals surface area contributed by atoms with E-state index in [1.807, 2.05) is 41.3 Å². The second kappa shape index (κ2) is 8.50. The lowest BCUT2D eigenvalue weighted by Crippen LogP contribution is -2.48. The molecule has 28 heavy (non-hydrogen) atoms. The van der Waals surface area contributed by atoms with Gasteiger partial charge >= 0.3 is 0 Å². The fraction of sp³-hybridized carbons (Fsp3) is 0.300. The van der Waals surface area contributed by atoms with Crippen molar-refractivity contribution in [1.82, 2.24) is 25.3 Å². The number of pyridine rings is 1. The number of hydrogen-bond donors (Lipinski definition) is 1. The van der Waals surface area contributed by atoms with Gasteiger partial charge in [0.05, 0.1) is 6.04 Å². The minimum atomic E-state index is -0.0787. The lowest BCUT2D eigenvalue weighted by molar-refractivity contribution is -0.134. The van der Waals surface area contributed by atoms with Crippen LogP contribution in [-0.2, 0) is 11.2 Å². The van der Waals surface area contributed by atoms with Gasteiger partial charge in [-0.15, -0.1) is 0 Å². The molecule has 1 aliphatic heterocycles. The highest BCUT2D eigenvalue weighted by atomic mass is 35.5. The Morgan fingerprint density at radius 3 is 2.89 bits per heavy atom. The number of aryl methyl sites for hydroxylation is 1. The van der Waals surface area contributed by atoms with E-state index in [9.17, 15) is 4.79 Å². The molecule has 1 fully saturated rings. The number of carbonyl (C=O) groups is 1. The highest BCUT2D eigenvalue weighted by Crippen LogP contribution is 2.29. The smallest absolute Gasteiger partial charge is 0.227 e. The second-order valence-corrected chi connectivity index (χ2v) is 6.98. The van der Waals surface area contributed by atoms with Crippen molar-refractivity contribution in [2.75, 3.05) is 19.6 Å². The van der Waals surface area contributed by atoms with Gasteiger partial charge in [0, 0.05) is 55.5 Å². The molecule has 144 valence electrons. The Morgan fingerprint density at radius 1 is 1.25 bits per heavy atom. The normalized spacial score (nSPS) is 16.9. The summed E-state index contributed by atoms with van der Waals surface area (Å²) < 4.78 is 5.30. The van der Waals surface area contributed by atoms with Crippen molar-refractivity contribution in [1.29, 1.82) is 0 Å². The number of halogens is 1. The highest BCUT2D eigenvalue weighted by Gasteiger charge is 2.29. The van der Waals surface area contributed by atoms with Crippen molar-refractivity contribution in [3.05, 3.63) is 65.3 Å². The molecule has 0 bridgehead atoms. The van der Waals surface area contributed by atoms with Gasteiger partial charge in [-0.3, -0.25) is 9.78 Å². The van der Waals surface area contributed by atoms with Crippen molar-refractivity contribution in [3.8, 4) is 11.4 Å². The van der Waals surface area contributed by atoms with Gasteiger partial charge in [-0.1, -0.05) is 35.0 Å². The second-order valence-electron chi connectivity index (χ2n) is 6.58. The quantitative estimate of drug-likeness (QED) is 0.712. The van der Waals surface area contributed by atoms with Crippen molar-refractivity contribution in [2.24, 2.45) is 0 Å². The first kappa shape index (κ1) is 18.6. The summed E-state index contributed by atoms with van der Waals surface area (Å²) in [6.07, 6.45) is 4.05. The van der Waals surface area contributed by atoms with Crippen LogP contribution in [-0.4, -0.2) is 45.6 Å². The summed E-state index contributed by atoms with van der Waals surface area (Å²) in [7, 11) is 0. The average molecular weight is 398 g/mol. The molecule has 2 aromatic heterocycles. The molecular formula is C20H20ClN5O2. The van der Waals surface area contributed by atoms with Crippen LogP contribution in [0.25, 0.3) is 11.4 Å². The van der Waals surface area contributed by atoms with Gasteiger partial charge in [-0.2, -0.15) is 4.98 Å². The zero-order valence-corrected chi connectivity index (χ0v) is 16.0. The Hall–Kier alpha value is -2.77. The van der Waals surface area contributed by atoms with Crippen LogP contribution in [0.4, 0.5) is 0 Å². The van der Waals surface area contributed by atoms with Gasteiger partial charge < -0.3 is 14.7 Å². The molecule has 3 aromatic rings. The molecule has 1 N–H and O–H groups in total. The third kappa shape index (κ3) is 4.05. The number of carbonyl (C=O) groups excluding carboxylic acids is 1. The molecule has 1 aromatic carbocycles. The predicted octanol–water partition coefficient (Wildman–Crippen LogP) is 2.89. The van der Waals surface area contributed by atoms with Crippen molar-refractivity contribution >= 4 is 17.5 Å². The van der Waals surface area contributed by atoms with E-state index in [0.717, 1.165) is 17.7 Å². The highest BCUT2D eigenvalue weighted by molar-refractivity contribution is 6.31. The first-order valence-corrected chi connectivity index (χ1v) is 9.58. The van der Waals surface area contributed by atoms with Crippen molar-refractivity contribution < 1.29 is 9.32 Å². The Bertz CT molecular complexity index is 947. The van der Waals surface area contributed by atoms with Crippen LogP contribution < -0.4 is 5.32 Å². The van der Waals surface area contributed by atoms with Crippen molar-refractivity contribution in [2.45, 2.75) is 18.9 Å². The zero-order valence-electron chi connectivity index (χ0n) is 15.2. The first-order valence-electron chi connectivity index (χ1n) is 9.20. The molecule has 0 radical (unpaired) electrons. The van der Waals surface area contributed by atoms with Crippen LogP contribution in [0.2, 0.25) is 5.02 Å². The van der Waals surface area contributed by atoms with E-state index < -0.39 is 0 Å². The third-order valence-corrected chi connectivity index (χ3v) is 5.13. The number of hydrogen-bond acceptors (Lipinski definition) is 6. The van der Waals surface area contributed by atoms with Gasteiger partial charge in [-0.25, -0.2) is 0 Å². The van der Waals surface area contributed by atoms with Gasteiger partial charge in [0.2, 0.25) is 17.6 Å². The molecule has 3 heterocycles. The number of aromatic nitrogens is 3. The lowest BCUT2D eigenvalue weighted by atomic mass is 10.0. The maximum Gasteiger partial charge on any atom is 0.227 e. The molecule has 1 amide bonds. The molecule has 1 atom stereocenters. The van der Waals surface area contributed by atoms with E-state index in [1.54, 1.807) is 12.4 Å². The van der Waals surface area contributed by atoms with Crippen LogP contribution >= 0.6 is 11.6 Å². The van der Waals surface area contributed by atoms with E-state index in [0.29, 0.717) is 42.7 Å². The van der Waals surface area contributed by atoms with Crippen LogP contribution in [0.3, 0.4) is 0 Å². The molecule has 1 unspecified atom stereocenters. The van der Waals surface area contributed by atoms with Gasteiger partial charge in [0.25, 0.3) is 0 Å². The Morgan fingerprint density at radius 2 is 2.07 bits per heavy atom. The topological polar surface area (TPSA) is 84.1 Å². The van der Waals surface area contributed by atoms with Crippen LogP contribution in [0.1, 0.15) is 23.9 Å². The summed E-state index contributed by atoms with van der Waals surface area (Å²) in [5, 5.41) is 8.00. The van der Waals surface area contributed by atoms with Gasteiger partial charge in [-0.05, 0) is 23.8 Å². The number of piperazine rings is 1. The van der Waals surface area contributed by atoms with Crippen LogP contribution in [0.5, 0.6) is 0 Å². The predicted molar refractivity (Wildman–Crippen MR) is 105 cm³/mol. The van der Waals surface area contributed by atoms with E-state index in [2.05, 4.69) is 20.4 Å². The summed E-state index contributed by atoms with van der Waals surface area (Å²) in [5.74, 6) is 1.00. The molecule has 4 rings (SSSR count). The number of benzene rings is 1. The van der Waals surface area contributed by atoms with E-state index in [4.69, 9.17) is 16.1 Å². The number of amides is 1. The summed E-state index contributed by atoms with van der Waals surface area (Å²) in [6.45, 7) is 2.09. The SMILES string of the molecule is O=C(CCc1nc(-c2ccncc2)no1)N1CCNCC1c1ccccc1Cl. The molecule has 1 aliphatic rings. The Balaban J connectivity index is 1.43. The first-order chi connectivity index (χ1) is 13.7. The third-order valence-electron chi connectivity index (χ3n) is 4.79. The fourth-order valence-electron chi connectivity index (χ4n) is 3.36. The number of rotatable bonds is 5. The van der Waals surface area contributed by atoms with Crippen molar-refractivity contribution in [3.63, 3.8) is 0 Å². The molecular weight excluding hydrogens is 378 g/mol. The largest absolute Gasteiger partial charge is 0.339 e. The molecule has 7 nitrogen and oxygen atoms in total. The maximum absolute atomic E-state index is 12.9. The Labute approximate surface area is 167 Å². The van der Waals surface area contributed by atoms with Crippen LogP contribution in [0.15, 0.2) is 53.3 Å². The summed E-state index contributed by atoms with van der Waals surface area (Å²) in [4.78, 5) is 23.1. The van der Waals surface area contributed by atoms with Gasteiger partial charge in [0.1, 0.15) is 0 Å². The minimum Gasteiger partial charge on any atom is -0.339 e. The van der Waals surface area contributed by atoms with E-state index in [-0.39, 0.29) is 11.9 Å². The molecule has 8 heteroatoms. The fourth-order valence-corrected chi connectivity index (χ4v) is 3.62. The zero-order chi connectivity index (χ0) is 19.3. The average Bonchev–Trinajstić information content (AvgIpc) is 3.22. The number of nitrogens with zero attached hydrogens (tertiary/aromatic N) is 4. The minimum absolute atomic E-state index is 0.0510. The summed E-state index contributed by atoms with van der Waals surface area (Å²) >= 11 is 6.36. The lowest BCUT2D eigenvalue weighted by Gasteiger charge is -2.37. The molecule has 0 saturated carbocycles. The van der Waals surface area contributed by atoms with E-state index >= 15 is 0 Å². The van der Waals surface area contributed by atoms with Gasteiger partial charge in [0.15, 0.2) is 0 Å². The maximum atomic E-state index is 12.9.